The highest BCUT2D eigenvalue weighted by Gasteiger charge is 2.01. The summed E-state index contributed by atoms with van der Waals surface area (Å²) in [6.07, 6.45) is 3.46. The lowest BCUT2D eigenvalue weighted by atomic mass is 10.2. The molecule has 0 N–H and O–H groups in total. The van der Waals surface area contributed by atoms with Crippen molar-refractivity contribution < 1.29 is 4.74 Å². The first kappa shape index (κ1) is 13.3. The summed E-state index contributed by atoms with van der Waals surface area (Å²) >= 11 is 0. The van der Waals surface area contributed by atoms with Crippen LogP contribution in [-0.4, -0.2) is 30.7 Å². The summed E-state index contributed by atoms with van der Waals surface area (Å²) in [5, 5.41) is 0. The highest BCUT2D eigenvalue weighted by Crippen LogP contribution is 2.11. The molecule has 0 amide bonds. The fourth-order valence-electron chi connectivity index (χ4n) is 1.73. The lowest BCUT2D eigenvalue weighted by molar-refractivity contribution is 0.310. The third-order valence-electron chi connectivity index (χ3n) is 2.76. The number of hydrogen-bond donors (Lipinski definition) is 0. The maximum absolute atomic E-state index is 5.65. The van der Waals surface area contributed by atoms with Gasteiger partial charge in [-0.05, 0) is 25.0 Å². The molecule has 100 valence electrons. The van der Waals surface area contributed by atoms with Crippen molar-refractivity contribution in [1.29, 1.82) is 0 Å². The van der Waals surface area contributed by atoms with Crippen LogP contribution >= 0.6 is 0 Å². The van der Waals surface area contributed by atoms with Crippen molar-refractivity contribution in [3.05, 3.63) is 48.4 Å². The highest BCUT2D eigenvalue weighted by molar-refractivity contribution is 5.36. The normalized spacial score (nSPS) is 10.2. The largest absolute Gasteiger partial charge is 0.494 e. The average molecular weight is 257 g/mol. The molecule has 0 saturated carbocycles. The second-order valence-corrected chi connectivity index (χ2v) is 4.53. The Morgan fingerprint density at radius 1 is 1.11 bits per heavy atom. The quantitative estimate of drug-likeness (QED) is 0.745. The molecule has 0 atom stereocenters. The lowest BCUT2D eigenvalue weighted by Gasteiger charge is -2.11. The standard InChI is InChI=1S/C15H19N3O/c1-18(2)15-11-13(16-12-17-15)7-6-10-19-14-8-4-3-5-9-14/h3-5,8-9,11-12H,6-7,10H2,1-2H3. The Labute approximate surface area is 114 Å². The van der Waals surface area contributed by atoms with Gasteiger partial charge >= 0.3 is 0 Å². The Hall–Kier alpha value is -2.10. The molecular formula is C15H19N3O. The minimum absolute atomic E-state index is 0.700. The first-order chi connectivity index (χ1) is 9.25. The molecule has 0 radical (unpaired) electrons. The molecule has 0 spiro atoms. The van der Waals surface area contributed by atoms with Gasteiger partial charge in [-0.3, -0.25) is 0 Å². The fraction of sp³-hybridized carbons (Fsp3) is 0.333. The number of hydrogen-bond acceptors (Lipinski definition) is 4. The molecule has 2 rings (SSSR count). The average Bonchev–Trinajstić information content (AvgIpc) is 2.45. The van der Waals surface area contributed by atoms with Crippen molar-refractivity contribution >= 4 is 5.82 Å². The van der Waals surface area contributed by atoms with Crippen molar-refractivity contribution in [3.63, 3.8) is 0 Å². The van der Waals surface area contributed by atoms with E-state index in [-0.39, 0.29) is 0 Å². The van der Waals surface area contributed by atoms with Gasteiger partial charge in [-0.1, -0.05) is 18.2 Å². The maximum atomic E-state index is 5.65. The van der Waals surface area contributed by atoms with Crippen LogP contribution < -0.4 is 9.64 Å². The van der Waals surface area contributed by atoms with Crippen molar-refractivity contribution in [2.75, 3.05) is 25.6 Å². The molecule has 0 fully saturated rings. The number of aromatic nitrogens is 2. The van der Waals surface area contributed by atoms with Crippen LogP contribution in [0.3, 0.4) is 0 Å². The zero-order chi connectivity index (χ0) is 13.5. The van der Waals surface area contributed by atoms with E-state index < -0.39 is 0 Å². The molecule has 2 aromatic rings. The lowest BCUT2D eigenvalue weighted by Crippen LogP contribution is -2.11. The number of anilines is 1. The van der Waals surface area contributed by atoms with Gasteiger partial charge in [-0.25, -0.2) is 9.97 Å². The van der Waals surface area contributed by atoms with E-state index in [0.717, 1.165) is 30.1 Å². The van der Waals surface area contributed by atoms with E-state index >= 15 is 0 Å². The van der Waals surface area contributed by atoms with Gasteiger partial charge in [0.15, 0.2) is 0 Å². The van der Waals surface area contributed by atoms with Gasteiger partial charge in [-0.15, -0.1) is 0 Å². The monoisotopic (exact) mass is 257 g/mol. The molecular weight excluding hydrogens is 238 g/mol. The molecule has 0 bridgehead atoms. The molecule has 0 aliphatic rings. The van der Waals surface area contributed by atoms with Crippen LogP contribution in [0.2, 0.25) is 0 Å². The SMILES string of the molecule is CN(C)c1cc(CCCOc2ccccc2)ncn1. The molecule has 4 heteroatoms. The van der Waals surface area contributed by atoms with Gasteiger partial charge in [0.1, 0.15) is 17.9 Å². The van der Waals surface area contributed by atoms with Crippen LogP contribution in [0.1, 0.15) is 12.1 Å². The molecule has 19 heavy (non-hydrogen) atoms. The van der Waals surface area contributed by atoms with E-state index in [0.29, 0.717) is 6.61 Å². The summed E-state index contributed by atoms with van der Waals surface area (Å²) in [6, 6.07) is 11.9. The second kappa shape index (κ2) is 6.73. The molecule has 1 heterocycles. The summed E-state index contributed by atoms with van der Waals surface area (Å²) in [4.78, 5) is 10.4. The van der Waals surface area contributed by atoms with Crippen molar-refractivity contribution in [3.8, 4) is 5.75 Å². The minimum atomic E-state index is 0.700. The van der Waals surface area contributed by atoms with Crippen molar-refractivity contribution in [2.24, 2.45) is 0 Å². The Morgan fingerprint density at radius 3 is 2.63 bits per heavy atom. The molecule has 1 aromatic heterocycles. The molecule has 0 saturated heterocycles. The first-order valence-corrected chi connectivity index (χ1v) is 6.42. The number of para-hydroxylation sites is 1. The van der Waals surface area contributed by atoms with E-state index in [2.05, 4.69) is 9.97 Å². The summed E-state index contributed by atoms with van der Waals surface area (Å²) in [5.74, 6) is 1.85. The van der Waals surface area contributed by atoms with E-state index in [1.54, 1.807) is 6.33 Å². The van der Waals surface area contributed by atoms with E-state index in [1.807, 2.05) is 55.4 Å². The van der Waals surface area contributed by atoms with Crippen LogP contribution in [0.5, 0.6) is 5.75 Å². The van der Waals surface area contributed by atoms with Crippen molar-refractivity contribution in [1.82, 2.24) is 9.97 Å². The molecule has 0 unspecified atom stereocenters. The predicted molar refractivity (Wildman–Crippen MR) is 76.6 cm³/mol. The Bertz CT molecular complexity index is 500. The molecule has 4 nitrogen and oxygen atoms in total. The van der Waals surface area contributed by atoms with Crippen LogP contribution in [0, 0.1) is 0 Å². The highest BCUT2D eigenvalue weighted by atomic mass is 16.5. The molecule has 0 aliphatic carbocycles. The third-order valence-corrected chi connectivity index (χ3v) is 2.76. The Morgan fingerprint density at radius 2 is 1.89 bits per heavy atom. The Balaban J connectivity index is 1.78. The van der Waals surface area contributed by atoms with Gasteiger partial charge in [-0.2, -0.15) is 0 Å². The number of ether oxygens (including phenoxy) is 1. The predicted octanol–water partition coefficient (Wildman–Crippen LogP) is 2.55. The Kier molecular flexibility index (Phi) is 4.72. The van der Waals surface area contributed by atoms with E-state index in [1.165, 1.54) is 0 Å². The summed E-state index contributed by atoms with van der Waals surface area (Å²) in [7, 11) is 3.95. The van der Waals surface area contributed by atoms with Gasteiger partial charge in [0.05, 0.1) is 6.61 Å². The summed E-state index contributed by atoms with van der Waals surface area (Å²) in [6.45, 7) is 0.700. The van der Waals surface area contributed by atoms with E-state index in [4.69, 9.17) is 4.74 Å². The third kappa shape index (κ3) is 4.25. The van der Waals surface area contributed by atoms with Gasteiger partial charge in [0.2, 0.25) is 0 Å². The van der Waals surface area contributed by atoms with E-state index in [9.17, 15) is 0 Å². The molecule has 1 aromatic carbocycles. The second-order valence-electron chi connectivity index (χ2n) is 4.53. The summed E-state index contributed by atoms with van der Waals surface area (Å²) < 4.78 is 5.65. The van der Waals surface area contributed by atoms with Gasteiger partial charge in [0, 0.05) is 25.9 Å². The maximum Gasteiger partial charge on any atom is 0.131 e. The van der Waals surface area contributed by atoms with Crippen LogP contribution in [-0.2, 0) is 6.42 Å². The number of benzene rings is 1. The minimum Gasteiger partial charge on any atom is -0.494 e. The zero-order valence-electron chi connectivity index (χ0n) is 11.4. The topological polar surface area (TPSA) is 38.2 Å². The first-order valence-electron chi connectivity index (χ1n) is 6.42. The van der Waals surface area contributed by atoms with Crippen molar-refractivity contribution in [2.45, 2.75) is 12.8 Å². The fourth-order valence-corrected chi connectivity index (χ4v) is 1.73. The summed E-state index contributed by atoms with van der Waals surface area (Å²) in [5.41, 5.74) is 1.05. The zero-order valence-corrected chi connectivity index (χ0v) is 11.4. The number of aryl methyl sites for hydroxylation is 1. The molecule has 0 aliphatic heterocycles. The number of rotatable bonds is 6. The van der Waals surface area contributed by atoms with Crippen LogP contribution in [0.15, 0.2) is 42.7 Å². The van der Waals surface area contributed by atoms with Crippen LogP contribution in [0.25, 0.3) is 0 Å². The number of nitrogens with zero attached hydrogens (tertiary/aromatic N) is 3. The van der Waals surface area contributed by atoms with Gasteiger partial charge < -0.3 is 9.64 Å². The smallest absolute Gasteiger partial charge is 0.131 e. The van der Waals surface area contributed by atoms with Crippen LogP contribution in [0.4, 0.5) is 5.82 Å². The van der Waals surface area contributed by atoms with Gasteiger partial charge in [0.25, 0.3) is 0 Å².